The summed E-state index contributed by atoms with van der Waals surface area (Å²) in [4.78, 5) is 0. The van der Waals surface area contributed by atoms with Crippen molar-refractivity contribution in [3.63, 3.8) is 0 Å². The number of hydrogen-bond donors (Lipinski definition) is 1. The molecule has 5 heteroatoms. The van der Waals surface area contributed by atoms with Crippen LogP contribution in [0.3, 0.4) is 0 Å². The quantitative estimate of drug-likeness (QED) is 0.244. The molecule has 0 aromatic heterocycles. The molecule has 4 aromatic rings. The van der Waals surface area contributed by atoms with Crippen LogP contribution in [0.2, 0.25) is 0 Å². The third-order valence-electron chi connectivity index (χ3n) is 7.01. The lowest BCUT2D eigenvalue weighted by molar-refractivity contribution is 0.283. The number of benzene rings is 4. The summed E-state index contributed by atoms with van der Waals surface area (Å²) in [5.74, 6) is 3.09. The smallest absolute Gasteiger partial charge is 0.161 e. The third kappa shape index (κ3) is 6.29. The molecule has 4 aromatic carbocycles. The molecule has 0 fully saturated rings. The molecule has 5 nitrogen and oxygen atoms in total. The lowest BCUT2D eigenvalue weighted by atomic mass is 9.90. The fourth-order valence-electron chi connectivity index (χ4n) is 4.95. The van der Waals surface area contributed by atoms with Crippen LogP contribution in [-0.4, -0.2) is 20.8 Å². The van der Waals surface area contributed by atoms with Gasteiger partial charge in [-0.1, -0.05) is 66.7 Å². The van der Waals surface area contributed by atoms with Gasteiger partial charge in [0.1, 0.15) is 13.2 Å². The molecule has 0 saturated heterocycles. The van der Waals surface area contributed by atoms with Gasteiger partial charge in [0.05, 0.1) is 14.2 Å². The van der Waals surface area contributed by atoms with Crippen LogP contribution in [-0.2, 0) is 26.1 Å². The number of hydrogen-bond acceptors (Lipinski definition) is 5. The van der Waals surface area contributed by atoms with E-state index in [1.807, 2.05) is 42.5 Å². The Morgan fingerprint density at radius 1 is 0.658 bits per heavy atom. The van der Waals surface area contributed by atoms with Crippen LogP contribution in [0.25, 0.3) is 0 Å². The fraction of sp³-hybridized carbons (Fsp3) is 0.273. The Balaban J connectivity index is 1.27. The van der Waals surface area contributed by atoms with Crippen molar-refractivity contribution in [3.8, 4) is 23.0 Å². The Labute approximate surface area is 225 Å². The highest BCUT2D eigenvalue weighted by Crippen LogP contribution is 2.37. The summed E-state index contributed by atoms with van der Waals surface area (Å²) in [5, 5.41) is 3.71. The number of nitrogens with one attached hydrogen (secondary N) is 1. The van der Waals surface area contributed by atoms with Gasteiger partial charge < -0.3 is 24.3 Å². The van der Waals surface area contributed by atoms with Crippen LogP contribution in [0.15, 0.2) is 91.0 Å². The molecule has 0 bridgehead atoms. The molecule has 0 spiro atoms. The van der Waals surface area contributed by atoms with Crippen LogP contribution in [0.4, 0.5) is 0 Å². The van der Waals surface area contributed by atoms with Gasteiger partial charge in [-0.05, 0) is 77.9 Å². The van der Waals surface area contributed by atoms with Crippen LogP contribution >= 0.6 is 0 Å². The highest BCUT2D eigenvalue weighted by Gasteiger charge is 2.23. The lowest BCUT2D eigenvalue weighted by Gasteiger charge is -2.28. The van der Waals surface area contributed by atoms with Crippen molar-refractivity contribution in [1.82, 2.24) is 5.32 Å². The normalized spacial score (nSPS) is 14.4. The molecule has 0 amide bonds. The molecule has 0 aliphatic carbocycles. The summed E-state index contributed by atoms with van der Waals surface area (Å²) in [6.45, 7) is 1.96. The second-order valence-corrected chi connectivity index (χ2v) is 9.53. The number of rotatable bonds is 11. The van der Waals surface area contributed by atoms with Crippen molar-refractivity contribution in [2.45, 2.75) is 38.5 Å². The van der Waals surface area contributed by atoms with Crippen molar-refractivity contribution < 1.29 is 18.9 Å². The van der Waals surface area contributed by atoms with Crippen molar-refractivity contribution >= 4 is 0 Å². The van der Waals surface area contributed by atoms with Crippen LogP contribution in [0, 0.1) is 0 Å². The van der Waals surface area contributed by atoms with E-state index in [4.69, 9.17) is 18.9 Å². The molecule has 1 atom stereocenters. The average Bonchev–Trinajstić information content (AvgIpc) is 2.98. The van der Waals surface area contributed by atoms with E-state index in [9.17, 15) is 0 Å². The van der Waals surface area contributed by atoms with Gasteiger partial charge in [-0.15, -0.1) is 0 Å². The SMILES string of the molecule is COc1ccc(CC[C@H]2NCCc3cc(OCc4ccccc4)c(OC)cc32)cc1OCc1ccccc1. The monoisotopic (exact) mass is 509 g/mol. The number of aryl methyl sites for hydroxylation is 1. The summed E-state index contributed by atoms with van der Waals surface area (Å²) in [7, 11) is 3.38. The Morgan fingerprint density at radius 3 is 1.92 bits per heavy atom. The highest BCUT2D eigenvalue weighted by atomic mass is 16.5. The van der Waals surface area contributed by atoms with E-state index in [0.717, 1.165) is 59.9 Å². The summed E-state index contributed by atoms with van der Waals surface area (Å²) < 4.78 is 23.6. The molecular formula is C33H35NO4. The molecule has 1 N–H and O–H groups in total. The van der Waals surface area contributed by atoms with Gasteiger partial charge in [-0.2, -0.15) is 0 Å². The largest absolute Gasteiger partial charge is 0.493 e. The van der Waals surface area contributed by atoms with Gasteiger partial charge in [0, 0.05) is 6.04 Å². The van der Waals surface area contributed by atoms with Gasteiger partial charge in [-0.25, -0.2) is 0 Å². The van der Waals surface area contributed by atoms with Crippen LogP contribution < -0.4 is 24.3 Å². The van der Waals surface area contributed by atoms with Gasteiger partial charge in [0.15, 0.2) is 23.0 Å². The van der Waals surface area contributed by atoms with Gasteiger partial charge in [0.25, 0.3) is 0 Å². The molecule has 1 heterocycles. The fourth-order valence-corrected chi connectivity index (χ4v) is 4.95. The van der Waals surface area contributed by atoms with Crippen molar-refractivity contribution in [1.29, 1.82) is 0 Å². The highest BCUT2D eigenvalue weighted by molar-refractivity contribution is 5.50. The Bertz CT molecular complexity index is 1320. The lowest BCUT2D eigenvalue weighted by Crippen LogP contribution is -2.30. The second-order valence-electron chi connectivity index (χ2n) is 9.53. The van der Waals surface area contributed by atoms with E-state index < -0.39 is 0 Å². The molecule has 0 unspecified atom stereocenters. The van der Waals surface area contributed by atoms with Crippen molar-refractivity contribution in [3.05, 3.63) is 119 Å². The van der Waals surface area contributed by atoms with E-state index >= 15 is 0 Å². The maximum Gasteiger partial charge on any atom is 0.161 e. The zero-order valence-electron chi connectivity index (χ0n) is 22.1. The molecule has 0 saturated carbocycles. The maximum atomic E-state index is 6.16. The topological polar surface area (TPSA) is 49.0 Å². The van der Waals surface area contributed by atoms with Crippen molar-refractivity contribution in [2.75, 3.05) is 20.8 Å². The Kier molecular flexibility index (Phi) is 8.46. The first-order chi connectivity index (χ1) is 18.7. The van der Waals surface area contributed by atoms with Gasteiger partial charge >= 0.3 is 0 Å². The van der Waals surface area contributed by atoms with Crippen LogP contribution in [0.1, 0.15) is 40.3 Å². The predicted molar refractivity (Wildman–Crippen MR) is 150 cm³/mol. The minimum absolute atomic E-state index is 0.242. The molecular weight excluding hydrogens is 474 g/mol. The first-order valence-corrected chi connectivity index (χ1v) is 13.2. The molecule has 38 heavy (non-hydrogen) atoms. The number of fused-ring (bicyclic) bond motifs is 1. The van der Waals surface area contributed by atoms with Crippen molar-refractivity contribution in [2.24, 2.45) is 0 Å². The summed E-state index contributed by atoms with van der Waals surface area (Å²) >= 11 is 0. The second kappa shape index (κ2) is 12.5. The molecule has 1 aliphatic rings. The first-order valence-electron chi connectivity index (χ1n) is 13.2. The summed E-state index contributed by atoms with van der Waals surface area (Å²) in [5.41, 5.74) is 6.09. The van der Waals surface area contributed by atoms with E-state index in [-0.39, 0.29) is 6.04 Å². The maximum absolute atomic E-state index is 6.16. The molecule has 5 rings (SSSR count). The average molecular weight is 510 g/mol. The standard InChI is InChI=1S/C33H35NO4/c1-35-30-16-14-24(19-32(30)37-22-25-9-5-3-6-10-25)13-15-29-28-21-31(36-2)33(20-27(28)17-18-34-29)38-23-26-11-7-4-8-12-26/h3-12,14,16,19-21,29,34H,13,15,17-18,22-23H2,1-2H3/t29-/m1/s1. The number of ether oxygens (including phenoxy) is 4. The zero-order valence-corrected chi connectivity index (χ0v) is 22.1. The Morgan fingerprint density at radius 2 is 1.29 bits per heavy atom. The van der Waals surface area contributed by atoms with E-state index in [1.165, 1.54) is 16.7 Å². The van der Waals surface area contributed by atoms with E-state index in [2.05, 4.69) is 53.8 Å². The molecule has 0 radical (unpaired) electrons. The van der Waals surface area contributed by atoms with E-state index in [0.29, 0.717) is 13.2 Å². The summed E-state index contributed by atoms with van der Waals surface area (Å²) in [6, 6.07) is 31.2. The number of methoxy groups -OCH3 is 2. The minimum Gasteiger partial charge on any atom is -0.493 e. The predicted octanol–water partition coefficient (Wildman–Crippen LogP) is 6.68. The van der Waals surface area contributed by atoms with Gasteiger partial charge in [0.2, 0.25) is 0 Å². The third-order valence-corrected chi connectivity index (χ3v) is 7.01. The molecule has 196 valence electrons. The summed E-state index contributed by atoms with van der Waals surface area (Å²) in [6.07, 6.45) is 2.85. The Hall–Kier alpha value is -3.96. The van der Waals surface area contributed by atoms with E-state index in [1.54, 1.807) is 14.2 Å². The zero-order chi connectivity index (χ0) is 26.2. The first kappa shape index (κ1) is 25.7. The minimum atomic E-state index is 0.242. The van der Waals surface area contributed by atoms with Crippen LogP contribution in [0.5, 0.6) is 23.0 Å². The van der Waals surface area contributed by atoms with Gasteiger partial charge in [-0.3, -0.25) is 0 Å². The molecule has 1 aliphatic heterocycles.